The number of hydrogen-bond acceptors (Lipinski definition) is 6. The van der Waals surface area contributed by atoms with Gasteiger partial charge in [-0.2, -0.15) is 0 Å². The second-order valence-corrected chi connectivity index (χ2v) is 6.93. The first-order valence-corrected chi connectivity index (χ1v) is 9.41. The molecule has 0 aliphatic carbocycles. The van der Waals surface area contributed by atoms with E-state index in [1.807, 2.05) is 12.1 Å². The number of Topliss-reactive ketones (excluding diaryl/α,β-unsaturated/α-hetero) is 1. The predicted octanol–water partition coefficient (Wildman–Crippen LogP) is 1.73. The van der Waals surface area contributed by atoms with Crippen LogP contribution in [-0.2, 0) is 11.3 Å². The van der Waals surface area contributed by atoms with Crippen molar-refractivity contribution in [2.24, 2.45) is 0 Å². The van der Waals surface area contributed by atoms with E-state index in [-0.39, 0.29) is 18.3 Å². The van der Waals surface area contributed by atoms with Gasteiger partial charge in [-0.05, 0) is 32.2 Å². The van der Waals surface area contributed by atoms with Crippen LogP contribution in [0.25, 0.3) is 0 Å². The number of carbonyl (C=O) groups is 2. The van der Waals surface area contributed by atoms with Crippen molar-refractivity contribution in [2.45, 2.75) is 13.5 Å². The molecule has 1 aromatic heterocycles. The van der Waals surface area contributed by atoms with Gasteiger partial charge >= 0.3 is 0 Å². The van der Waals surface area contributed by atoms with E-state index < -0.39 is 0 Å². The molecule has 1 fully saturated rings. The van der Waals surface area contributed by atoms with E-state index in [1.165, 1.54) is 6.92 Å². The molecule has 1 saturated heterocycles. The van der Waals surface area contributed by atoms with Crippen LogP contribution in [0.3, 0.4) is 0 Å². The number of likely N-dealkylation sites (N-methyl/N-ethyl adjacent to an activating group) is 1. The van der Waals surface area contributed by atoms with Crippen LogP contribution >= 0.6 is 0 Å². The SMILES string of the molecule is CC(=O)c1cccc(OCC(=O)NCc2cccnc2N2CCN(C)CC2)c1. The van der Waals surface area contributed by atoms with E-state index in [0.717, 1.165) is 37.6 Å². The van der Waals surface area contributed by atoms with Crippen LogP contribution in [0.15, 0.2) is 42.6 Å². The van der Waals surface area contributed by atoms with Crippen molar-refractivity contribution in [3.8, 4) is 5.75 Å². The van der Waals surface area contributed by atoms with E-state index in [4.69, 9.17) is 4.74 Å². The summed E-state index contributed by atoms with van der Waals surface area (Å²) in [5, 5.41) is 2.89. The number of piperazine rings is 1. The molecular formula is C21H26N4O3. The van der Waals surface area contributed by atoms with Gasteiger partial charge in [0.05, 0.1) is 0 Å². The molecule has 1 aliphatic rings. The minimum absolute atomic E-state index is 0.0390. The largest absolute Gasteiger partial charge is 0.484 e. The molecule has 0 spiro atoms. The Bertz CT molecular complexity index is 832. The number of nitrogens with one attached hydrogen (secondary N) is 1. The molecule has 0 saturated carbocycles. The van der Waals surface area contributed by atoms with Gasteiger partial charge in [-0.3, -0.25) is 9.59 Å². The predicted molar refractivity (Wildman–Crippen MR) is 108 cm³/mol. The number of ether oxygens (including phenoxy) is 1. The third kappa shape index (κ3) is 5.29. The van der Waals surface area contributed by atoms with Gasteiger partial charge < -0.3 is 19.9 Å². The summed E-state index contributed by atoms with van der Waals surface area (Å²) in [6, 6.07) is 10.7. The van der Waals surface area contributed by atoms with Crippen LogP contribution in [0.5, 0.6) is 5.75 Å². The molecule has 1 aromatic carbocycles. The maximum absolute atomic E-state index is 12.2. The van der Waals surface area contributed by atoms with E-state index in [0.29, 0.717) is 17.9 Å². The molecule has 3 rings (SSSR count). The summed E-state index contributed by atoms with van der Waals surface area (Å²) in [5.74, 6) is 1.16. The Kier molecular flexibility index (Phi) is 6.60. The number of rotatable bonds is 7. The number of pyridine rings is 1. The Labute approximate surface area is 165 Å². The summed E-state index contributed by atoms with van der Waals surface area (Å²) in [7, 11) is 2.11. The summed E-state index contributed by atoms with van der Waals surface area (Å²) < 4.78 is 5.51. The highest BCUT2D eigenvalue weighted by molar-refractivity contribution is 5.94. The first-order valence-electron chi connectivity index (χ1n) is 9.41. The zero-order valence-corrected chi connectivity index (χ0v) is 16.4. The van der Waals surface area contributed by atoms with Gasteiger partial charge in [0.15, 0.2) is 12.4 Å². The molecule has 7 nitrogen and oxygen atoms in total. The van der Waals surface area contributed by atoms with E-state index in [9.17, 15) is 9.59 Å². The van der Waals surface area contributed by atoms with Gasteiger partial charge in [-0.25, -0.2) is 4.98 Å². The van der Waals surface area contributed by atoms with Crippen molar-refractivity contribution in [3.63, 3.8) is 0 Å². The van der Waals surface area contributed by atoms with Gasteiger partial charge in [0.2, 0.25) is 0 Å². The number of amides is 1. The first kappa shape index (κ1) is 19.8. The fraction of sp³-hybridized carbons (Fsp3) is 0.381. The van der Waals surface area contributed by atoms with Gasteiger partial charge in [-0.1, -0.05) is 18.2 Å². The van der Waals surface area contributed by atoms with E-state index in [1.54, 1.807) is 30.5 Å². The zero-order valence-electron chi connectivity index (χ0n) is 16.4. The number of ketones is 1. The summed E-state index contributed by atoms with van der Waals surface area (Å²) >= 11 is 0. The summed E-state index contributed by atoms with van der Waals surface area (Å²) in [4.78, 5) is 32.7. The highest BCUT2D eigenvalue weighted by Gasteiger charge is 2.18. The number of anilines is 1. The Morgan fingerprint density at radius 1 is 1.14 bits per heavy atom. The van der Waals surface area contributed by atoms with Crippen LogP contribution in [0.4, 0.5) is 5.82 Å². The minimum Gasteiger partial charge on any atom is -0.484 e. The van der Waals surface area contributed by atoms with Crippen LogP contribution in [0.2, 0.25) is 0 Å². The topological polar surface area (TPSA) is 74.8 Å². The molecule has 0 bridgehead atoms. The fourth-order valence-corrected chi connectivity index (χ4v) is 3.07. The third-order valence-corrected chi connectivity index (χ3v) is 4.76. The first-order chi connectivity index (χ1) is 13.5. The van der Waals surface area contributed by atoms with Gasteiger partial charge in [-0.15, -0.1) is 0 Å². The quantitative estimate of drug-likeness (QED) is 0.735. The highest BCUT2D eigenvalue weighted by Crippen LogP contribution is 2.18. The molecule has 0 unspecified atom stereocenters. The minimum atomic E-state index is -0.221. The number of nitrogens with zero attached hydrogens (tertiary/aromatic N) is 3. The lowest BCUT2D eigenvalue weighted by Gasteiger charge is -2.34. The number of hydrogen-bond donors (Lipinski definition) is 1. The Morgan fingerprint density at radius 2 is 1.93 bits per heavy atom. The van der Waals surface area contributed by atoms with Crippen LogP contribution in [0, 0.1) is 0 Å². The summed E-state index contributed by atoms with van der Waals surface area (Å²) in [6.45, 7) is 5.62. The lowest BCUT2D eigenvalue weighted by molar-refractivity contribution is -0.123. The number of aromatic nitrogens is 1. The highest BCUT2D eigenvalue weighted by atomic mass is 16.5. The average molecular weight is 382 g/mol. The smallest absolute Gasteiger partial charge is 0.258 e. The Hall–Kier alpha value is -2.93. The Balaban J connectivity index is 1.54. The lowest BCUT2D eigenvalue weighted by atomic mass is 10.1. The van der Waals surface area contributed by atoms with Crippen molar-refractivity contribution in [1.29, 1.82) is 0 Å². The fourth-order valence-electron chi connectivity index (χ4n) is 3.07. The molecule has 1 N–H and O–H groups in total. The zero-order chi connectivity index (χ0) is 19.9. The molecular weight excluding hydrogens is 356 g/mol. The van der Waals surface area contributed by atoms with Crippen molar-refractivity contribution in [2.75, 3.05) is 44.7 Å². The standard InChI is InChI=1S/C21H26N4O3/c1-16(26)17-5-3-7-19(13-17)28-15-20(27)23-14-18-6-4-8-22-21(18)25-11-9-24(2)10-12-25/h3-8,13H,9-12,14-15H2,1-2H3,(H,23,27). The summed E-state index contributed by atoms with van der Waals surface area (Å²) in [5.41, 5.74) is 1.55. The molecule has 28 heavy (non-hydrogen) atoms. The third-order valence-electron chi connectivity index (χ3n) is 4.76. The number of benzene rings is 1. The molecule has 0 radical (unpaired) electrons. The second kappa shape index (κ2) is 9.32. The van der Waals surface area contributed by atoms with Gasteiger partial charge in [0, 0.05) is 50.0 Å². The van der Waals surface area contributed by atoms with Gasteiger partial charge in [0.25, 0.3) is 5.91 Å². The van der Waals surface area contributed by atoms with Crippen molar-refractivity contribution >= 4 is 17.5 Å². The molecule has 0 atom stereocenters. The van der Waals surface area contributed by atoms with Crippen LogP contribution < -0.4 is 15.0 Å². The lowest BCUT2D eigenvalue weighted by Crippen LogP contribution is -2.45. The van der Waals surface area contributed by atoms with E-state index in [2.05, 4.69) is 27.1 Å². The molecule has 1 amide bonds. The van der Waals surface area contributed by atoms with Crippen molar-refractivity contribution in [1.82, 2.24) is 15.2 Å². The maximum Gasteiger partial charge on any atom is 0.258 e. The van der Waals surface area contributed by atoms with Gasteiger partial charge in [0.1, 0.15) is 11.6 Å². The Morgan fingerprint density at radius 3 is 2.68 bits per heavy atom. The normalized spacial score (nSPS) is 14.6. The second-order valence-electron chi connectivity index (χ2n) is 6.93. The monoisotopic (exact) mass is 382 g/mol. The van der Waals surface area contributed by atoms with Crippen LogP contribution in [-0.4, -0.2) is 61.4 Å². The molecule has 1 aliphatic heterocycles. The molecule has 7 heteroatoms. The van der Waals surface area contributed by atoms with E-state index >= 15 is 0 Å². The number of carbonyl (C=O) groups excluding carboxylic acids is 2. The van der Waals surface area contributed by atoms with Crippen molar-refractivity contribution < 1.29 is 14.3 Å². The molecule has 148 valence electrons. The van der Waals surface area contributed by atoms with Crippen LogP contribution in [0.1, 0.15) is 22.8 Å². The molecule has 2 aromatic rings. The summed E-state index contributed by atoms with van der Waals surface area (Å²) in [6.07, 6.45) is 1.78. The molecule has 2 heterocycles. The maximum atomic E-state index is 12.2. The van der Waals surface area contributed by atoms with Crippen molar-refractivity contribution in [3.05, 3.63) is 53.7 Å². The average Bonchev–Trinajstić information content (AvgIpc) is 2.72.